The van der Waals surface area contributed by atoms with Gasteiger partial charge >= 0.3 is 11.9 Å². The first-order chi connectivity index (χ1) is 34.3. The lowest BCUT2D eigenvalue weighted by Gasteiger charge is -2.30. The molecule has 0 aromatic heterocycles. The Labute approximate surface area is 427 Å². The third-order valence-corrected chi connectivity index (χ3v) is 11.7. The zero-order valence-corrected chi connectivity index (χ0v) is 44.1. The summed E-state index contributed by atoms with van der Waals surface area (Å²) in [5.41, 5.74) is 0. The first kappa shape index (κ1) is 64.4. The molecule has 25 nitrogen and oxygen atoms in total. The molecule has 1 aliphatic rings. The molecule has 0 aromatic rings. The molecule has 1 heterocycles. The smallest absolute Gasteiger partial charge is 0.330 e. The van der Waals surface area contributed by atoms with E-state index in [1.165, 1.54) is 17.9 Å². The molecule has 0 spiro atoms. The molecule has 10 N–H and O–H groups in total. The van der Waals surface area contributed by atoms with Gasteiger partial charge < -0.3 is 67.3 Å². The Balaban J connectivity index is 3.17. The summed E-state index contributed by atoms with van der Waals surface area (Å²) in [5, 5.41) is 33.0. The van der Waals surface area contributed by atoms with E-state index in [2.05, 4.69) is 57.3 Å². The highest BCUT2D eigenvalue weighted by Crippen LogP contribution is 2.18. The quantitative estimate of drug-likeness (QED) is 0.0259. The highest BCUT2D eigenvalue weighted by Gasteiger charge is 2.37. The van der Waals surface area contributed by atoms with Crippen molar-refractivity contribution in [2.45, 2.75) is 150 Å². The van der Waals surface area contributed by atoms with Gasteiger partial charge in [-0.15, -0.1) is 0 Å². The number of esters is 2. The number of aliphatic hydroxyl groups excluding tert-OH is 1. The minimum absolute atomic E-state index is 0.0199. The highest BCUT2D eigenvalue weighted by atomic mass is 16.5. The lowest BCUT2D eigenvalue weighted by Crippen LogP contribution is -2.61. The van der Waals surface area contributed by atoms with Gasteiger partial charge in [0, 0.05) is 19.5 Å². The number of carbonyl (C=O) groups excluding carboxylic acids is 12. The van der Waals surface area contributed by atoms with Crippen LogP contribution in [0.2, 0.25) is 0 Å². The van der Waals surface area contributed by atoms with Crippen LogP contribution in [0.25, 0.3) is 0 Å². The maximum atomic E-state index is 13.9. The van der Waals surface area contributed by atoms with Crippen molar-refractivity contribution < 1.29 is 72.1 Å². The van der Waals surface area contributed by atoms with Gasteiger partial charge in [0.25, 0.3) is 0 Å². The van der Waals surface area contributed by atoms with Gasteiger partial charge in [0.05, 0.1) is 33.9 Å². The number of allylic oxidation sites excluding steroid dienone is 1. The van der Waals surface area contributed by atoms with Crippen molar-refractivity contribution >= 4 is 71.0 Å². The Kier molecular flexibility index (Phi) is 29.2. The van der Waals surface area contributed by atoms with E-state index in [0.717, 1.165) is 20.3 Å². The number of methoxy groups -OCH3 is 2. The molecule has 73 heavy (non-hydrogen) atoms. The van der Waals surface area contributed by atoms with Crippen LogP contribution >= 0.6 is 0 Å². The van der Waals surface area contributed by atoms with Crippen molar-refractivity contribution in [1.82, 2.24) is 52.8 Å². The van der Waals surface area contributed by atoms with Crippen LogP contribution in [-0.4, -0.2) is 170 Å². The van der Waals surface area contributed by atoms with Gasteiger partial charge in [-0.25, -0.2) is 4.79 Å². The molecule has 0 bridgehead atoms. The van der Waals surface area contributed by atoms with E-state index in [-0.39, 0.29) is 50.0 Å². The van der Waals surface area contributed by atoms with Gasteiger partial charge in [0.15, 0.2) is 0 Å². The van der Waals surface area contributed by atoms with Crippen LogP contribution < -0.4 is 47.9 Å². The zero-order valence-electron chi connectivity index (χ0n) is 44.1. The monoisotopic (exact) mass is 1040 g/mol. The van der Waals surface area contributed by atoms with Gasteiger partial charge in [-0.3, -0.25) is 52.7 Å². The predicted octanol–water partition coefficient (Wildman–Crippen LogP) is -2.28. The van der Waals surface area contributed by atoms with E-state index < -0.39 is 145 Å². The molecule has 1 fully saturated rings. The fourth-order valence-corrected chi connectivity index (χ4v) is 7.50. The van der Waals surface area contributed by atoms with E-state index in [1.807, 2.05) is 13.8 Å². The summed E-state index contributed by atoms with van der Waals surface area (Å²) in [4.78, 5) is 157. The van der Waals surface area contributed by atoms with Crippen LogP contribution in [0.3, 0.4) is 0 Å². The number of nitrogens with one attached hydrogen (secondary N) is 9. The summed E-state index contributed by atoms with van der Waals surface area (Å²) in [6.45, 7) is 13.1. The number of hydrogen-bond acceptors (Lipinski definition) is 15. The predicted molar refractivity (Wildman–Crippen MR) is 264 cm³/mol. The number of likely N-dealkylation sites (tertiary alicyclic amines) is 1. The second kappa shape index (κ2) is 33.1. The Morgan fingerprint density at radius 2 is 1.19 bits per heavy atom. The molecule has 0 aromatic carbocycles. The van der Waals surface area contributed by atoms with Gasteiger partial charge in [-0.1, -0.05) is 67.9 Å². The van der Waals surface area contributed by atoms with Crippen molar-refractivity contribution in [2.24, 2.45) is 23.7 Å². The van der Waals surface area contributed by atoms with Crippen LogP contribution in [0.1, 0.15) is 107 Å². The summed E-state index contributed by atoms with van der Waals surface area (Å²) in [5.74, 6) is -9.63. The SMILES string of the molecule is CCC(C)[C@H](NC(=O)[C@@H](NC(=O)[C@H](CC(C)C)NC(=O)[C@H](CO)NC(=O)[C@H](CC/C=C/C(=O)OC)NC(=O)CNC(=O)[C@@H]1CCCN1C(=O)CNC(=O)[C@H](CC(C)C)NC(C)=O)C(C)C)C(=O)NCC(=O)OC. The number of ether oxygens (including phenoxy) is 2. The minimum atomic E-state index is -1.68. The van der Waals surface area contributed by atoms with Crippen molar-refractivity contribution in [3.63, 3.8) is 0 Å². The average Bonchev–Trinajstić information content (AvgIpc) is 3.84. The Hall–Kier alpha value is -6.66. The number of aliphatic hydroxyl groups is 1. The molecular formula is C48H80N10O15. The highest BCUT2D eigenvalue weighted by molar-refractivity contribution is 5.98. The lowest BCUT2D eigenvalue weighted by molar-refractivity contribution is -0.142. The lowest BCUT2D eigenvalue weighted by atomic mass is 9.96. The molecule has 1 unspecified atom stereocenters. The van der Waals surface area contributed by atoms with Gasteiger partial charge in [0.1, 0.15) is 48.8 Å². The molecule has 25 heteroatoms. The molecule has 0 aliphatic carbocycles. The van der Waals surface area contributed by atoms with E-state index in [0.29, 0.717) is 19.3 Å². The van der Waals surface area contributed by atoms with Gasteiger partial charge in [0.2, 0.25) is 59.1 Å². The topological polar surface area (TPSA) is 355 Å². The summed E-state index contributed by atoms with van der Waals surface area (Å²) >= 11 is 0. The largest absolute Gasteiger partial charge is 0.468 e. The van der Waals surface area contributed by atoms with E-state index in [9.17, 15) is 62.6 Å². The number of amides is 10. The Bertz CT molecular complexity index is 1960. The zero-order chi connectivity index (χ0) is 55.5. The van der Waals surface area contributed by atoms with Crippen LogP contribution in [0.5, 0.6) is 0 Å². The number of rotatable bonds is 31. The van der Waals surface area contributed by atoms with E-state index in [4.69, 9.17) is 0 Å². The molecular weight excluding hydrogens is 957 g/mol. The van der Waals surface area contributed by atoms with Gasteiger partial charge in [-0.05, 0) is 62.2 Å². The average molecular weight is 1040 g/mol. The third-order valence-electron chi connectivity index (χ3n) is 11.7. The maximum absolute atomic E-state index is 13.9. The van der Waals surface area contributed by atoms with Crippen LogP contribution in [0.15, 0.2) is 12.2 Å². The third kappa shape index (κ3) is 23.6. The number of nitrogens with zero attached hydrogens (tertiary/aromatic N) is 1. The Morgan fingerprint density at radius 1 is 0.630 bits per heavy atom. The maximum Gasteiger partial charge on any atom is 0.330 e. The summed E-state index contributed by atoms with van der Waals surface area (Å²) in [7, 11) is 2.32. The van der Waals surface area contributed by atoms with Crippen molar-refractivity contribution in [1.29, 1.82) is 0 Å². The van der Waals surface area contributed by atoms with Crippen LogP contribution in [0, 0.1) is 23.7 Å². The molecule has 8 atom stereocenters. The summed E-state index contributed by atoms with van der Waals surface area (Å²) < 4.78 is 9.17. The normalized spacial score (nSPS) is 16.2. The summed E-state index contributed by atoms with van der Waals surface area (Å²) in [6, 6.07) is -8.54. The second-order valence-electron chi connectivity index (χ2n) is 19.0. The van der Waals surface area contributed by atoms with E-state index >= 15 is 0 Å². The van der Waals surface area contributed by atoms with Crippen molar-refractivity contribution in [3.8, 4) is 0 Å². The molecule has 1 rings (SSSR count). The molecule has 1 aliphatic heterocycles. The van der Waals surface area contributed by atoms with Crippen LogP contribution in [0.4, 0.5) is 0 Å². The van der Waals surface area contributed by atoms with Gasteiger partial charge in [-0.2, -0.15) is 0 Å². The standard InChI is InChI=1S/C48H80N10O15/c1-12-29(8)41(47(70)51-24-39(64)73-11)57-48(71)40(28(6)7)56-44(67)33(21-27(4)5)54-45(68)34(25-59)55-43(66)31(16-13-14-18-38(63)72-10)53-36(61)22-49-46(69)35-17-15-19-58(35)37(62)23-50-42(65)32(20-26(2)3)52-30(9)60/h14,18,26-29,31-35,40-41,59H,12-13,15-17,19-25H2,1-11H3,(H,49,69)(H,50,65)(H,51,70)(H,52,60)(H,53,61)(H,54,68)(H,55,66)(H,56,67)(H,57,71)/b18-14+/t29?,31-,32-,33-,34-,35-,40-,41-/m0/s1. The number of hydrogen-bond donors (Lipinski definition) is 10. The van der Waals surface area contributed by atoms with Crippen molar-refractivity contribution in [2.75, 3.05) is 47.0 Å². The fourth-order valence-electron chi connectivity index (χ4n) is 7.50. The molecule has 0 radical (unpaired) electrons. The first-order valence-corrected chi connectivity index (χ1v) is 24.6. The minimum Gasteiger partial charge on any atom is -0.468 e. The fraction of sp³-hybridized carbons (Fsp3) is 0.708. The first-order valence-electron chi connectivity index (χ1n) is 24.6. The summed E-state index contributed by atoms with van der Waals surface area (Å²) in [6.07, 6.45) is 3.88. The van der Waals surface area contributed by atoms with Crippen molar-refractivity contribution in [3.05, 3.63) is 12.2 Å². The van der Waals surface area contributed by atoms with Crippen LogP contribution in [-0.2, 0) is 67.0 Å². The number of carbonyl (C=O) groups is 12. The molecule has 1 saturated heterocycles. The molecule has 0 saturated carbocycles. The van der Waals surface area contributed by atoms with E-state index in [1.54, 1.807) is 41.5 Å². The molecule has 412 valence electrons. The molecule has 10 amide bonds. The Morgan fingerprint density at radius 3 is 1.74 bits per heavy atom. The second-order valence-corrected chi connectivity index (χ2v) is 19.0.